The van der Waals surface area contributed by atoms with Gasteiger partial charge < -0.3 is 10.4 Å². The fourth-order valence-electron chi connectivity index (χ4n) is 0.679. The number of rotatable bonds is 4. The molecule has 1 unspecified atom stereocenters. The molecule has 0 heterocycles. The standard InChI is InChI=1S/C7H15NO/c1-4-8-6(2)5-7(3)9/h7-9H,2,4-5H2,1,3H3. The number of aliphatic hydroxyl groups excluding tert-OH is 1. The first-order chi connectivity index (χ1) is 4.16. The van der Waals surface area contributed by atoms with Crippen molar-refractivity contribution >= 4 is 0 Å². The molecule has 0 saturated heterocycles. The molecule has 0 spiro atoms. The van der Waals surface area contributed by atoms with Gasteiger partial charge in [0.2, 0.25) is 0 Å². The molecule has 0 aromatic rings. The Morgan fingerprint density at radius 2 is 2.33 bits per heavy atom. The quantitative estimate of drug-likeness (QED) is 0.590. The summed E-state index contributed by atoms with van der Waals surface area (Å²) in [6, 6.07) is 0. The highest BCUT2D eigenvalue weighted by Gasteiger charge is 1.96. The summed E-state index contributed by atoms with van der Waals surface area (Å²) < 4.78 is 0. The molecule has 1 atom stereocenters. The van der Waals surface area contributed by atoms with Gasteiger partial charge in [0.1, 0.15) is 0 Å². The van der Waals surface area contributed by atoms with Gasteiger partial charge in [-0.15, -0.1) is 0 Å². The van der Waals surface area contributed by atoms with Crippen LogP contribution in [-0.2, 0) is 0 Å². The zero-order valence-corrected chi connectivity index (χ0v) is 6.15. The second-order valence-electron chi connectivity index (χ2n) is 2.19. The largest absolute Gasteiger partial charge is 0.393 e. The molecule has 0 bridgehead atoms. The summed E-state index contributed by atoms with van der Waals surface area (Å²) in [5.74, 6) is 0. The number of hydrogen-bond acceptors (Lipinski definition) is 2. The number of nitrogens with one attached hydrogen (secondary N) is 1. The summed E-state index contributed by atoms with van der Waals surface area (Å²) in [6.45, 7) is 8.35. The Morgan fingerprint density at radius 1 is 1.78 bits per heavy atom. The van der Waals surface area contributed by atoms with E-state index in [-0.39, 0.29) is 6.10 Å². The molecule has 54 valence electrons. The van der Waals surface area contributed by atoms with Gasteiger partial charge in [-0.25, -0.2) is 0 Å². The third kappa shape index (κ3) is 5.37. The van der Waals surface area contributed by atoms with Crippen LogP contribution in [-0.4, -0.2) is 17.8 Å². The third-order valence-electron chi connectivity index (χ3n) is 0.969. The van der Waals surface area contributed by atoms with E-state index < -0.39 is 0 Å². The third-order valence-corrected chi connectivity index (χ3v) is 0.969. The van der Waals surface area contributed by atoms with E-state index in [1.807, 2.05) is 6.92 Å². The van der Waals surface area contributed by atoms with Crippen LogP contribution in [0.3, 0.4) is 0 Å². The highest BCUT2D eigenvalue weighted by Crippen LogP contribution is 1.96. The zero-order valence-electron chi connectivity index (χ0n) is 6.15. The molecular weight excluding hydrogens is 114 g/mol. The highest BCUT2D eigenvalue weighted by molar-refractivity contribution is 4.91. The summed E-state index contributed by atoms with van der Waals surface area (Å²) in [7, 11) is 0. The van der Waals surface area contributed by atoms with Crippen LogP contribution >= 0.6 is 0 Å². The molecule has 2 heteroatoms. The topological polar surface area (TPSA) is 32.3 Å². The van der Waals surface area contributed by atoms with Crippen molar-refractivity contribution in [3.05, 3.63) is 12.3 Å². The van der Waals surface area contributed by atoms with Crippen molar-refractivity contribution in [1.82, 2.24) is 5.32 Å². The molecule has 0 aliphatic carbocycles. The summed E-state index contributed by atoms with van der Waals surface area (Å²) in [5, 5.41) is 11.9. The van der Waals surface area contributed by atoms with E-state index >= 15 is 0 Å². The molecule has 0 rings (SSSR count). The van der Waals surface area contributed by atoms with Crippen LogP contribution in [0.25, 0.3) is 0 Å². The van der Waals surface area contributed by atoms with Crippen molar-refractivity contribution < 1.29 is 5.11 Å². The van der Waals surface area contributed by atoms with Gasteiger partial charge in [-0.1, -0.05) is 6.58 Å². The lowest BCUT2D eigenvalue weighted by Crippen LogP contribution is -2.15. The second-order valence-corrected chi connectivity index (χ2v) is 2.19. The molecule has 0 radical (unpaired) electrons. The average molecular weight is 129 g/mol. The first-order valence-electron chi connectivity index (χ1n) is 3.26. The fourth-order valence-corrected chi connectivity index (χ4v) is 0.679. The maximum absolute atomic E-state index is 8.85. The van der Waals surface area contributed by atoms with Crippen LogP contribution in [0.2, 0.25) is 0 Å². The Morgan fingerprint density at radius 3 is 2.67 bits per heavy atom. The van der Waals surface area contributed by atoms with Crippen molar-refractivity contribution in [2.24, 2.45) is 0 Å². The molecule has 9 heavy (non-hydrogen) atoms. The Hall–Kier alpha value is -0.500. The molecule has 0 amide bonds. The van der Waals surface area contributed by atoms with Crippen LogP contribution in [0.15, 0.2) is 12.3 Å². The minimum Gasteiger partial charge on any atom is -0.393 e. The minimum absolute atomic E-state index is 0.281. The monoisotopic (exact) mass is 129 g/mol. The number of aliphatic hydroxyl groups is 1. The molecule has 0 aliphatic rings. The van der Waals surface area contributed by atoms with Crippen LogP contribution in [0.5, 0.6) is 0 Å². The maximum atomic E-state index is 8.85. The van der Waals surface area contributed by atoms with E-state index in [1.165, 1.54) is 0 Å². The summed E-state index contributed by atoms with van der Waals surface area (Å²) in [6.07, 6.45) is 0.366. The Balaban J connectivity index is 3.27. The number of hydrogen-bond donors (Lipinski definition) is 2. The molecule has 2 N–H and O–H groups in total. The van der Waals surface area contributed by atoms with E-state index in [4.69, 9.17) is 5.11 Å². The van der Waals surface area contributed by atoms with Gasteiger partial charge in [0.25, 0.3) is 0 Å². The van der Waals surface area contributed by atoms with Gasteiger partial charge in [-0.3, -0.25) is 0 Å². The molecule has 2 nitrogen and oxygen atoms in total. The Bertz CT molecular complexity index is 88.9. The van der Waals surface area contributed by atoms with E-state index in [2.05, 4.69) is 11.9 Å². The highest BCUT2D eigenvalue weighted by atomic mass is 16.3. The SMILES string of the molecule is C=C(CC(C)O)NCC. The van der Waals surface area contributed by atoms with E-state index in [9.17, 15) is 0 Å². The maximum Gasteiger partial charge on any atom is 0.0566 e. The lowest BCUT2D eigenvalue weighted by Gasteiger charge is -2.07. The lowest BCUT2D eigenvalue weighted by molar-refractivity contribution is 0.193. The predicted octanol–water partition coefficient (Wildman–Crippen LogP) is 0.880. The van der Waals surface area contributed by atoms with Crippen molar-refractivity contribution in [2.75, 3.05) is 6.54 Å². The summed E-state index contributed by atoms with van der Waals surface area (Å²) in [5.41, 5.74) is 0.910. The van der Waals surface area contributed by atoms with Gasteiger partial charge in [-0.2, -0.15) is 0 Å². The molecule has 0 aliphatic heterocycles. The summed E-state index contributed by atoms with van der Waals surface area (Å²) in [4.78, 5) is 0. The van der Waals surface area contributed by atoms with Crippen molar-refractivity contribution in [2.45, 2.75) is 26.4 Å². The first kappa shape index (κ1) is 8.50. The Labute approximate surface area is 56.6 Å². The molecule has 0 saturated carbocycles. The van der Waals surface area contributed by atoms with Crippen LogP contribution < -0.4 is 5.32 Å². The van der Waals surface area contributed by atoms with Crippen molar-refractivity contribution in [3.8, 4) is 0 Å². The molecule has 0 aromatic carbocycles. The van der Waals surface area contributed by atoms with Crippen molar-refractivity contribution in [1.29, 1.82) is 0 Å². The van der Waals surface area contributed by atoms with Gasteiger partial charge in [0.05, 0.1) is 6.10 Å². The van der Waals surface area contributed by atoms with Gasteiger partial charge in [-0.05, 0) is 13.8 Å². The van der Waals surface area contributed by atoms with E-state index in [1.54, 1.807) is 6.92 Å². The van der Waals surface area contributed by atoms with Crippen molar-refractivity contribution in [3.63, 3.8) is 0 Å². The average Bonchev–Trinajstić information content (AvgIpc) is 1.63. The predicted molar refractivity (Wildman–Crippen MR) is 39.1 cm³/mol. The smallest absolute Gasteiger partial charge is 0.0566 e. The summed E-state index contributed by atoms with van der Waals surface area (Å²) >= 11 is 0. The Kier molecular flexibility index (Phi) is 4.14. The van der Waals surface area contributed by atoms with Crippen LogP contribution in [0.4, 0.5) is 0 Å². The zero-order chi connectivity index (χ0) is 7.28. The van der Waals surface area contributed by atoms with Crippen LogP contribution in [0.1, 0.15) is 20.3 Å². The first-order valence-corrected chi connectivity index (χ1v) is 3.26. The van der Waals surface area contributed by atoms with Gasteiger partial charge in [0, 0.05) is 18.7 Å². The molecule has 0 aromatic heterocycles. The second kappa shape index (κ2) is 4.39. The molecular formula is C7H15NO. The normalized spacial score (nSPS) is 12.8. The molecule has 0 fully saturated rings. The van der Waals surface area contributed by atoms with Crippen LogP contribution in [0, 0.1) is 0 Å². The lowest BCUT2D eigenvalue weighted by atomic mass is 10.2. The fraction of sp³-hybridized carbons (Fsp3) is 0.714. The minimum atomic E-state index is -0.281. The van der Waals surface area contributed by atoms with Gasteiger partial charge >= 0.3 is 0 Å². The van der Waals surface area contributed by atoms with E-state index in [0.717, 1.165) is 12.2 Å². The van der Waals surface area contributed by atoms with E-state index in [0.29, 0.717) is 6.42 Å². The van der Waals surface area contributed by atoms with Gasteiger partial charge in [0.15, 0.2) is 0 Å².